The highest BCUT2D eigenvalue weighted by Gasteiger charge is 2.28. The maximum atomic E-state index is 13.5. The van der Waals surface area contributed by atoms with Crippen LogP contribution in [0.15, 0.2) is 36.4 Å². The SMILES string of the molecule is Cc1ccc(C(=O)N[C@@H]2CNCC[C@H]2c2cccc(F)c2)s1.Cl. The second kappa shape index (κ2) is 7.90. The van der Waals surface area contributed by atoms with Gasteiger partial charge in [0.05, 0.1) is 4.88 Å². The summed E-state index contributed by atoms with van der Waals surface area (Å²) in [5.74, 6) is -0.134. The number of benzene rings is 1. The van der Waals surface area contributed by atoms with Crippen molar-refractivity contribution in [2.24, 2.45) is 0 Å². The number of piperidine rings is 1. The summed E-state index contributed by atoms with van der Waals surface area (Å²) in [5, 5.41) is 6.41. The van der Waals surface area contributed by atoms with Crippen molar-refractivity contribution < 1.29 is 9.18 Å². The van der Waals surface area contributed by atoms with E-state index in [-0.39, 0.29) is 36.1 Å². The molecular formula is C17H20ClFN2OS. The number of hydrogen-bond donors (Lipinski definition) is 2. The molecule has 1 aliphatic heterocycles. The number of nitrogens with one attached hydrogen (secondary N) is 2. The van der Waals surface area contributed by atoms with Gasteiger partial charge in [-0.1, -0.05) is 12.1 Å². The van der Waals surface area contributed by atoms with Crippen LogP contribution in [-0.2, 0) is 0 Å². The summed E-state index contributed by atoms with van der Waals surface area (Å²) in [6.45, 7) is 3.57. The summed E-state index contributed by atoms with van der Waals surface area (Å²) in [4.78, 5) is 14.2. The van der Waals surface area contributed by atoms with Crippen molar-refractivity contribution >= 4 is 29.7 Å². The van der Waals surface area contributed by atoms with Crippen molar-refractivity contribution in [3.63, 3.8) is 0 Å². The minimum absolute atomic E-state index is 0. The number of amides is 1. The summed E-state index contributed by atoms with van der Waals surface area (Å²) >= 11 is 1.49. The average Bonchev–Trinajstić information content (AvgIpc) is 2.94. The molecule has 1 fully saturated rings. The van der Waals surface area contributed by atoms with Crippen LogP contribution in [-0.4, -0.2) is 25.0 Å². The van der Waals surface area contributed by atoms with Gasteiger partial charge in [0.2, 0.25) is 0 Å². The average molecular weight is 355 g/mol. The lowest BCUT2D eigenvalue weighted by atomic mass is 9.86. The Morgan fingerprint density at radius 3 is 2.87 bits per heavy atom. The van der Waals surface area contributed by atoms with E-state index in [1.165, 1.54) is 17.4 Å². The molecule has 2 heterocycles. The van der Waals surface area contributed by atoms with Gasteiger partial charge < -0.3 is 10.6 Å². The summed E-state index contributed by atoms with van der Waals surface area (Å²) in [5.41, 5.74) is 0.953. The summed E-state index contributed by atoms with van der Waals surface area (Å²) in [6.07, 6.45) is 0.887. The minimum Gasteiger partial charge on any atom is -0.347 e. The lowest BCUT2D eigenvalue weighted by Gasteiger charge is -2.33. The highest BCUT2D eigenvalue weighted by molar-refractivity contribution is 7.13. The second-order valence-electron chi connectivity index (χ2n) is 5.64. The monoisotopic (exact) mass is 354 g/mol. The topological polar surface area (TPSA) is 41.1 Å². The van der Waals surface area contributed by atoms with Crippen molar-refractivity contribution in [2.45, 2.75) is 25.3 Å². The van der Waals surface area contributed by atoms with E-state index in [0.29, 0.717) is 6.54 Å². The molecule has 1 aliphatic rings. The standard InChI is InChI=1S/C17H19FN2OS.ClH/c1-11-5-6-16(22-11)17(21)20-15-10-19-8-7-14(15)12-3-2-4-13(18)9-12;/h2-6,9,14-15,19H,7-8,10H2,1H3,(H,20,21);1H/t14-,15+;/m0./s1. The van der Waals surface area contributed by atoms with Crippen molar-refractivity contribution in [3.8, 4) is 0 Å². The Morgan fingerprint density at radius 1 is 1.35 bits per heavy atom. The van der Waals surface area contributed by atoms with Gasteiger partial charge in [-0.2, -0.15) is 0 Å². The Labute approximate surface area is 145 Å². The van der Waals surface area contributed by atoms with Gasteiger partial charge in [0, 0.05) is 23.4 Å². The predicted octanol–water partition coefficient (Wildman–Crippen LogP) is 3.49. The number of thiophene rings is 1. The van der Waals surface area contributed by atoms with Crippen molar-refractivity contribution in [3.05, 3.63) is 57.5 Å². The van der Waals surface area contributed by atoms with E-state index in [2.05, 4.69) is 10.6 Å². The van der Waals surface area contributed by atoms with E-state index in [0.717, 1.165) is 28.3 Å². The molecular weight excluding hydrogens is 335 g/mol. The summed E-state index contributed by atoms with van der Waals surface area (Å²) < 4.78 is 13.5. The number of rotatable bonds is 3. The summed E-state index contributed by atoms with van der Waals surface area (Å²) in [6, 6.07) is 10.5. The number of hydrogen-bond acceptors (Lipinski definition) is 3. The molecule has 2 aromatic rings. The van der Waals surface area contributed by atoms with Gasteiger partial charge in [0.1, 0.15) is 5.82 Å². The molecule has 1 amide bonds. The molecule has 0 unspecified atom stereocenters. The number of aryl methyl sites for hydroxylation is 1. The molecule has 0 aliphatic carbocycles. The largest absolute Gasteiger partial charge is 0.347 e. The van der Waals surface area contributed by atoms with Gasteiger partial charge in [0.15, 0.2) is 0 Å². The van der Waals surface area contributed by atoms with Gasteiger partial charge in [-0.15, -0.1) is 23.7 Å². The van der Waals surface area contributed by atoms with Crippen LogP contribution < -0.4 is 10.6 Å². The fourth-order valence-corrected chi connectivity index (χ4v) is 3.71. The van der Waals surface area contributed by atoms with Crippen LogP contribution in [0.3, 0.4) is 0 Å². The van der Waals surface area contributed by atoms with Gasteiger partial charge >= 0.3 is 0 Å². The fraction of sp³-hybridized carbons (Fsp3) is 0.353. The van der Waals surface area contributed by atoms with Crippen LogP contribution in [0.2, 0.25) is 0 Å². The Bertz CT molecular complexity index is 676. The summed E-state index contributed by atoms with van der Waals surface area (Å²) in [7, 11) is 0. The fourth-order valence-electron chi connectivity index (χ4n) is 2.94. The maximum Gasteiger partial charge on any atom is 0.261 e. The highest BCUT2D eigenvalue weighted by atomic mass is 35.5. The van der Waals surface area contributed by atoms with Crippen LogP contribution in [0.25, 0.3) is 0 Å². The number of carbonyl (C=O) groups excluding carboxylic acids is 1. The highest BCUT2D eigenvalue weighted by Crippen LogP contribution is 2.27. The Morgan fingerprint density at radius 2 is 2.17 bits per heavy atom. The molecule has 0 saturated carbocycles. The Kier molecular flexibility index (Phi) is 6.16. The van der Waals surface area contributed by atoms with Crippen LogP contribution in [0, 0.1) is 12.7 Å². The molecule has 2 atom stereocenters. The van der Waals surface area contributed by atoms with Crippen molar-refractivity contribution in [1.29, 1.82) is 0 Å². The zero-order valence-electron chi connectivity index (χ0n) is 12.8. The Balaban J connectivity index is 0.00000192. The zero-order chi connectivity index (χ0) is 15.5. The molecule has 0 spiro atoms. The molecule has 1 saturated heterocycles. The lowest BCUT2D eigenvalue weighted by molar-refractivity contribution is 0.0928. The van der Waals surface area contributed by atoms with E-state index in [4.69, 9.17) is 0 Å². The third-order valence-corrected chi connectivity index (χ3v) is 5.04. The first-order valence-electron chi connectivity index (χ1n) is 7.47. The van der Waals surface area contributed by atoms with Crippen LogP contribution >= 0.6 is 23.7 Å². The molecule has 3 nitrogen and oxygen atoms in total. The quantitative estimate of drug-likeness (QED) is 0.885. The van der Waals surface area contributed by atoms with Gasteiger partial charge in [-0.25, -0.2) is 4.39 Å². The van der Waals surface area contributed by atoms with Crippen LogP contribution in [0.1, 0.15) is 32.5 Å². The first-order valence-corrected chi connectivity index (χ1v) is 8.28. The molecule has 3 rings (SSSR count). The van der Waals surface area contributed by atoms with E-state index in [1.807, 2.05) is 25.1 Å². The van der Waals surface area contributed by atoms with Gasteiger partial charge in [-0.3, -0.25) is 4.79 Å². The molecule has 0 radical (unpaired) electrons. The van der Waals surface area contributed by atoms with Crippen LogP contribution in [0.4, 0.5) is 4.39 Å². The van der Waals surface area contributed by atoms with E-state index in [9.17, 15) is 9.18 Å². The second-order valence-corrected chi connectivity index (χ2v) is 6.93. The molecule has 0 bridgehead atoms. The minimum atomic E-state index is -0.227. The van der Waals surface area contributed by atoms with Crippen molar-refractivity contribution in [1.82, 2.24) is 10.6 Å². The first kappa shape index (κ1) is 17.9. The smallest absolute Gasteiger partial charge is 0.261 e. The number of carbonyl (C=O) groups is 1. The predicted molar refractivity (Wildman–Crippen MR) is 94.2 cm³/mol. The van der Waals surface area contributed by atoms with Crippen molar-refractivity contribution in [2.75, 3.05) is 13.1 Å². The van der Waals surface area contributed by atoms with E-state index in [1.54, 1.807) is 12.1 Å². The number of halogens is 2. The molecule has 23 heavy (non-hydrogen) atoms. The first-order chi connectivity index (χ1) is 10.6. The van der Waals surface area contributed by atoms with Crippen LogP contribution in [0.5, 0.6) is 0 Å². The lowest BCUT2D eigenvalue weighted by Crippen LogP contribution is -2.49. The van der Waals surface area contributed by atoms with E-state index >= 15 is 0 Å². The Hall–Kier alpha value is -1.43. The normalized spacial score (nSPS) is 20.6. The molecule has 1 aromatic heterocycles. The van der Waals surface area contributed by atoms with Gasteiger partial charge in [-0.05, 0) is 49.7 Å². The zero-order valence-corrected chi connectivity index (χ0v) is 14.5. The third-order valence-electron chi connectivity index (χ3n) is 4.04. The molecule has 2 N–H and O–H groups in total. The third kappa shape index (κ3) is 4.31. The maximum absolute atomic E-state index is 13.5. The van der Waals surface area contributed by atoms with E-state index < -0.39 is 0 Å². The molecule has 6 heteroatoms. The molecule has 124 valence electrons. The van der Waals surface area contributed by atoms with Gasteiger partial charge in [0.25, 0.3) is 5.91 Å². The molecule has 1 aromatic carbocycles.